The minimum atomic E-state index is -3.58. The summed E-state index contributed by atoms with van der Waals surface area (Å²) < 4.78 is 26.7. The fourth-order valence-electron chi connectivity index (χ4n) is 2.04. The van der Waals surface area contributed by atoms with Crippen molar-refractivity contribution < 1.29 is 8.42 Å². The van der Waals surface area contributed by atoms with E-state index in [9.17, 15) is 8.42 Å². The number of nitrogens with zero attached hydrogens (tertiary/aromatic N) is 1. The van der Waals surface area contributed by atoms with Crippen LogP contribution in [0.2, 0.25) is 0 Å². The Balaban J connectivity index is 2.56. The minimum Gasteiger partial charge on any atom is -0.399 e. The number of nitrogens with two attached hydrogens (primary N) is 1. The van der Waals surface area contributed by atoms with E-state index in [0.717, 1.165) is 11.3 Å². The lowest BCUT2D eigenvalue weighted by atomic mass is 10.2. The van der Waals surface area contributed by atoms with Crippen LogP contribution in [0.15, 0.2) is 47.4 Å². The van der Waals surface area contributed by atoms with Gasteiger partial charge in [-0.1, -0.05) is 17.7 Å². The summed E-state index contributed by atoms with van der Waals surface area (Å²) in [7, 11) is -0.377. The molecule has 0 atom stereocenters. The van der Waals surface area contributed by atoms with Crippen LogP contribution < -0.4 is 15.4 Å². The molecule has 2 rings (SSSR count). The lowest BCUT2D eigenvalue weighted by Crippen LogP contribution is -2.22. The largest absolute Gasteiger partial charge is 0.399 e. The van der Waals surface area contributed by atoms with Crippen molar-refractivity contribution in [1.82, 2.24) is 4.72 Å². The average Bonchev–Trinajstić information content (AvgIpc) is 2.47. The molecule has 0 unspecified atom stereocenters. The normalized spacial score (nSPS) is 11.4. The molecule has 0 spiro atoms. The predicted molar refractivity (Wildman–Crippen MR) is 86.3 cm³/mol. The van der Waals surface area contributed by atoms with E-state index in [0.29, 0.717) is 11.4 Å². The Morgan fingerprint density at radius 2 is 1.71 bits per heavy atom. The van der Waals surface area contributed by atoms with Crippen molar-refractivity contribution in [1.29, 1.82) is 0 Å². The Kier molecular flexibility index (Phi) is 4.20. The fourth-order valence-corrected chi connectivity index (χ4v) is 3.03. The van der Waals surface area contributed by atoms with E-state index >= 15 is 0 Å². The second kappa shape index (κ2) is 5.75. The van der Waals surface area contributed by atoms with Crippen LogP contribution in [0.1, 0.15) is 5.56 Å². The van der Waals surface area contributed by atoms with Gasteiger partial charge in [0.2, 0.25) is 10.0 Å². The summed E-state index contributed by atoms with van der Waals surface area (Å²) in [5, 5.41) is 0. The molecule has 0 heterocycles. The van der Waals surface area contributed by atoms with E-state index in [1.807, 2.05) is 43.1 Å². The lowest BCUT2D eigenvalue weighted by Gasteiger charge is -2.23. The minimum absolute atomic E-state index is 0.160. The van der Waals surface area contributed by atoms with Crippen molar-refractivity contribution in [3.05, 3.63) is 48.0 Å². The standard InChI is InChI=1S/C15H19N3O2S/c1-11-4-7-13(8-5-11)18(3)14-9-6-12(16)10-15(14)21(19,20)17-2/h4-10,17H,16H2,1-3H3. The molecule has 0 fully saturated rings. The van der Waals surface area contributed by atoms with Crippen molar-refractivity contribution in [2.45, 2.75) is 11.8 Å². The van der Waals surface area contributed by atoms with Crippen LogP contribution in [0, 0.1) is 6.92 Å². The number of benzene rings is 2. The molecule has 0 aliphatic rings. The van der Waals surface area contributed by atoms with Crippen molar-refractivity contribution >= 4 is 27.1 Å². The first-order valence-electron chi connectivity index (χ1n) is 6.48. The highest BCUT2D eigenvalue weighted by atomic mass is 32.2. The molecule has 0 saturated heterocycles. The van der Waals surface area contributed by atoms with Gasteiger partial charge in [-0.15, -0.1) is 0 Å². The number of nitrogens with one attached hydrogen (secondary N) is 1. The molecular formula is C15H19N3O2S. The summed E-state index contributed by atoms with van der Waals surface area (Å²) in [4.78, 5) is 1.98. The number of aryl methyl sites for hydroxylation is 1. The van der Waals surface area contributed by atoms with Gasteiger partial charge in [-0.2, -0.15) is 0 Å². The van der Waals surface area contributed by atoms with Crippen LogP contribution in [0.4, 0.5) is 17.1 Å². The number of anilines is 3. The molecule has 21 heavy (non-hydrogen) atoms. The summed E-state index contributed by atoms with van der Waals surface area (Å²) in [6.07, 6.45) is 0. The first-order chi connectivity index (χ1) is 9.85. The van der Waals surface area contributed by atoms with Crippen LogP contribution in [-0.2, 0) is 10.0 Å². The smallest absolute Gasteiger partial charge is 0.242 e. The molecule has 0 amide bonds. The van der Waals surface area contributed by atoms with Gasteiger partial charge in [-0.3, -0.25) is 0 Å². The van der Waals surface area contributed by atoms with Crippen LogP contribution in [0.25, 0.3) is 0 Å². The highest BCUT2D eigenvalue weighted by molar-refractivity contribution is 7.89. The SMILES string of the molecule is CNS(=O)(=O)c1cc(N)ccc1N(C)c1ccc(C)cc1. The molecule has 5 nitrogen and oxygen atoms in total. The molecule has 0 aromatic heterocycles. The number of nitrogen functional groups attached to an aromatic ring is 1. The zero-order valence-electron chi connectivity index (χ0n) is 12.3. The Labute approximate surface area is 125 Å². The second-order valence-corrected chi connectivity index (χ2v) is 6.68. The van der Waals surface area contributed by atoms with Gasteiger partial charge in [-0.25, -0.2) is 13.1 Å². The summed E-state index contributed by atoms with van der Waals surface area (Å²) in [6, 6.07) is 12.7. The summed E-state index contributed by atoms with van der Waals surface area (Å²) in [6.45, 7) is 2.00. The number of sulfonamides is 1. The number of hydrogen-bond donors (Lipinski definition) is 2. The maximum Gasteiger partial charge on any atom is 0.242 e. The highest BCUT2D eigenvalue weighted by Crippen LogP contribution is 2.31. The predicted octanol–water partition coefficient (Wildman–Crippen LogP) is 2.25. The third-order valence-corrected chi connectivity index (χ3v) is 4.77. The molecule has 3 N–H and O–H groups in total. The quantitative estimate of drug-likeness (QED) is 0.850. The summed E-state index contributed by atoms with van der Waals surface area (Å²) in [5.41, 5.74) is 8.75. The first kappa shape index (κ1) is 15.3. The van der Waals surface area contributed by atoms with Crippen molar-refractivity contribution in [2.75, 3.05) is 24.7 Å². The monoisotopic (exact) mass is 305 g/mol. The molecule has 0 saturated carbocycles. The Bertz CT molecular complexity index is 740. The van der Waals surface area contributed by atoms with Crippen LogP contribution >= 0.6 is 0 Å². The zero-order valence-corrected chi connectivity index (χ0v) is 13.1. The molecule has 0 aliphatic carbocycles. The molecule has 0 radical (unpaired) electrons. The van der Waals surface area contributed by atoms with Gasteiger partial charge in [-0.05, 0) is 44.3 Å². The molecule has 2 aromatic rings. The van der Waals surface area contributed by atoms with E-state index in [4.69, 9.17) is 5.73 Å². The van der Waals surface area contributed by atoms with E-state index < -0.39 is 10.0 Å². The Morgan fingerprint density at radius 1 is 1.10 bits per heavy atom. The molecule has 2 aromatic carbocycles. The summed E-state index contributed by atoms with van der Waals surface area (Å²) >= 11 is 0. The van der Waals surface area contributed by atoms with Gasteiger partial charge < -0.3 is 10.6 Å². The highest BCUT2D eigenvalue weighted by Gasteiger charge is 2.20. The van der Waals surface area contributed by atoms with Gasteiger partial charge in [0.15, 0.2) is 0 Å². The lowest BCUT2D eigenvalue weighted by molar-refractivity contribution is 0.588. The molecule has 0 aliphatic heterocycles. The Morgan fingerprint density at radius 3 is 2.29 bits per heavy atom. The van der Waals surface area contributed by atoms with Gasteiger partial charge in [0.05, 0.1) is 5.69 Å². The van der Waals surface area contributed by atoms with E-state index in [-0.39, 0.29) is 4.90 Å². The van der Waals surface area contributed by atoms with Gasteiger partial charge in [0.25, 0.3) is 0 Å². The summed E-state index contributed by atoms with van der Waals surface area (Å²) in [5.74, 6) is 0. The Hall–Kier alpha value is -2.05. The van der Waals surface area contributed by atoms with Crippen LogP contribution in [-0.4, -0.2) is 22.5 Å². The molecule has 112 valence electrons. The molecular weight excluding hydrogens is 286 g/mol. The first-order valence-corrected chi connectivity index (χ1v) is 7.97. The second-order valence-electron chi connectivity index (χ2n) is 4.83. The zero-order chi connectivity index (χ0) is 15.6. The van der Waals surface area contributed by atoms with E-state index in [1.165, 1.54) is 13.1 Å². The molecule has 0 bridgehead atoms. The van der Waals surface area contributed by atoms with E-state index in [2.05, 4.69) is 4.72 Å². The number of rotatable bonds is 4. The van der Waals surface area contributed by atoms with Gasteiger partial charge in [0, 0.05) is 18.4 Å². The number of hydrogen-bond acceptors (Lipinski definition) is 4. The van der Waals surface area contributed by atoms with Crippen molar-refractivity contribution in [3.8, 4) is 0 Å². The van der Waals surface area contributed by atoms with E-state index in [1.54, 1.807) is 12.1 Å². The maximum atomic E-state index is 12.2. The van der Waals surface area contributed by atoms with Gasteiger partial charge >= 0.3 is 0 Å². The van der Waals surface area contributed by atoms with Crippen molar-refractivity contribution in [3.63, 3.8) is 0 Å². The topological polar surface area (TPSA) is 75.4 Å². The maximum absolute atomic E-state index is 12.2. The van der Waals surface area contributed by atoms with Gasteiger partial charge in [0.1, 0.15) is 4.90 Å². The molecule has 6 heteroatoms. The van der Waals surface area contributed by atoms with Crippen LogP contribution in [0.3, 0.4) is 0 Å². The fraction of sp³-hybridized carbons (Fsp3) is 0.200. The average molecular weight is 305 g/mol. The van der Waals surface area contributed by atoms with Crippen molar-refractivity contribution in [2.24, 2.45) is 0 Å². The third kappa shape index (κ3) is 3.17. The third-order valence-electron chi connectivity index (χ3n) is 3.32. The van der Waals surface area contributed by atoms with Crippen LogP contribution in [0.5, 0.6) is 0 Å².